The molecule has 0 saturated carbocycles. The minimum absolute atomic E-state index is 0.0405. The highest BCUT2D eigenvalue weighted by molar-refractivity contribution is 5.79. The summed E-state index contributed by atoms with van der Waals surface area (Å²) < 4.78 is 5.52. The second-order valence-electron chi connectivity index (χ2n) is 8.48. The SMILES string of the molecule is CC(C)C(NC(=O)C1CCCN(Cc2ccccc2)C1)c1nc(-c2ccncc2)no1. The lowest BCUT2D eigenvalue weighted by Crippen LogP contribution is -2.44. The van der Waals surface area contributed by atoms with Gasteiger partial charge in [-0.15, -0.1) is 0 Å². The molecule has 1 aliphatic heterocycles. The van der Waals surface area contributed by atoms with Gasteiger partial charge in [-0.1, -0.05) is 49.3 Å². The van der Waals surface area contributed by atoms with E-state index >= 15 is 0 Å². The van der Waals surface area contributed by atoms with Gasteiger partial charge in [0.1, 0.15) is 6.04 Å². The predicted octanol–water partition coefficient (Wildman–Crippen LogP) is 3.86. The molecule has 4 rings (SSSR count). The fraction of sp³-hybridized carbons (Fsp3) is 0.417. The van der Waals surface area contributed by atoms with Gasteiger partial charge >= 0.3 is 0 Å². The fourth-order valence-electron chi connectivity index (χ4n) is 4.02. The van der Waals surface area contributed by atoms with Crippen LogP contribution in [-0.4, -0.2) is 39.0 Å². The highest BCUT2D eigenvalue weighted by Gasteiger charge is 2.31. The number of benzene rings is 1. The summed E-state index contributed by atoms with van der Waals surface area (Å²) in [4.78, 5) is 24.0. The van der Waals surface area contributed by atoms with E-state index in [-0.39, 0.29) is 23.8 Å². The molecule has 3 aromatic rings. The molecule has 7 nitrogen and oxygen atoms in total. The van der Waals surface area contributed by atoms with Gasteiger partial charge in [-0.25, -0.2) is 0 Å². The van der Waals surface area contributed by atoms with Crippen molar-refractivity contribution in [1.29, 1.82) is 0 Å². The van der Waals surface area contributed by atoms with Crippen LogP contribution in [0.5, 0.6) is 0 Å². The Hall–Kier alpha value is -3.06. The van der Waals surface area contributed by atoms with Gasteiger partial charge in [0.15, 0.2) is 0 Å². The van der Waals surface area contributed by atoms with Crippen LogP contribution in [-0.2, 0) is 11.3 Å². The van der Waals surface area contributed by atoms with Gasteiger partial charge < -0.3 is 9.84 Å². The Kier molecular flexibility index (Phi) is 6.72. The molecule has 0 radical (unpaired) electrons. The van der Waals surface area contributed by atoms with Crippen molar-refractivity contribution < 1.29 is 9.32 Å². The Balaban J connectivity index is 1.41. The molecule has 2 aromatic heterocycles. The normalized spacial score (nSPS) is 18.1. The second kappa shape index (κ2) is 9.83. The summed E-state index contributed by atoms with van der Waals surface area (Å²) in [5.74, 6) is 1.08. The van der Waals surface area contributed by atoms with Crippen LogP contribution in [0.1, 0.15) is 44.2 Å². The van der Waals surface area contributed by atoms with Crippen molar-refractivity contribution in [2.24, 2.45) is 11.8 Å². The molecular formula is C24H29N5O2. The van der Waals surface area contributed by atoms with E-state index in [0.29, 0.717) is 11.7 Å². The molecule has 0 aliphatic carbocycles. The Morgan fingerprint density at radius 3 is 2.71 bits per heavy atom. The molecule has 31 heavy (non-hydrogen) atoms. The molecule has 1 aliphatic rings. The zero-order valence-electron chi connectivity index (χ0n) is 18.1. The molecule has 1 fully saturated rings. The first-order chi connectivity index (χ1) is 15.1. The van der Waals surface area contributed by atoms with E-state index in [1.807, 2.05) is 32.0 Å². The first kappa shape index (κ1) is 21.2. The summed E-state index contributed by atoms with van der Waals surface area (Å²) in [5.41, 5.74) is 2.11. The van der Waals surface area contributed by atoms with E-state index in [2.05, 4.69) is 49.6 Å². The zero-order valence-corrected chi connectivity index (χ0v) is 18.1. The van der Waals surface area contributed by atoms with Crippen LogP contribution in [0.3, 0.4) is 0 Å². The number of rotatable bonds is 7. The molecule has 2 unspecified atom stereocenters. The van der Waals surface area contributed by atoms with Crippen molar-refractivity contribution >= 4 is 5.91 Å². The first-order valence-corrected chi connectivity index (χ1v) is 10.9. The molecule has 162 valence electrons. The summed E-state index contributed by atoms with van der Waals surface area (Å²) in [6.45, 7) is 6.74. The summed E-state index contributed by atoms with van der Waals surface area (Å²) in [5, 5.41) is 7.27. The van der Waals surface area contributed by atoms with Crippen LogP contribution in [0.25, 0.3) is 11.4 Å². The average Bonchev–Trinajstić information content (AvgIpc) is 3.28. The van der Waals surface area contributed by atoms with E-state index in [1.165, 1.54) is 5.56 Å². The molecule has 0 bridgehead atoms. The molecule has 1 saturated heterocycles. The molecule has 1 amide bonds. The number of hydrogen-bond donors (Lipinski definition) is 1. The number of carbonyl (C=O) groups excluding carboxylic acids is 1. The topological polar surface area (TPSA) is 84.2 Å². The lowest BCUT2D eigenvalue weighted by atomic mass is 9.95. The van der Waals surface area contributed by atoms with Gasteiger partial charge in [-0.2, -0.15) is 4.98 Å². The van der Waals surface area contributed by atoms with Crippen molar-refractivity contribution in [2.75, 3.05) is 13.1 Å². The average molecular weight is 420 g/mol. The molecular weight excluding hydrogens is 390 g/mol. The van der Waals surface area contributed by atoms with Gasteiger partial charge in [0.2, 0.25) is 17.6 Å². The minimum Gasteiger partial charge on any atom is -0.344 e. The highest BCUT2D eigenvalue weighted by Crippen LogP contribution is 2.25. The zero-order chi connectivity index (χ0) is 21.6. The van der Waals surface area contributed by atoms with Crippen molar-refractivity contribution in [3.05, 3.63) is 66.3 Å². The number of nitrogens with zero attached hydrogens (tertiary/aromatic N) is 4. The molecule has 2 atom stereocenters. The maximum Gasteiger partial charge on any atom is 0.249 e. The van der Waals surface area contributed by atoms with E-state index in [0.717, 1.165) is 38.0 Å². The first-order valence-electron chi connectivity index (χ1n) is 10.9. The molecule has 1 aromatic carbocycles. The van der Waals surface area contributed by atoms with Gasteiger partial charge in [0.05, 0.1) is 5.92 Å². The number of likely N-dealkylation sites (tertiary alicyclic amines) is 1. The second-order valence-corrected chi connectivity index (χ2v) is 8.48. The lowest BCUT2D eigenvalue weighted by Gasteiger charge is -2.33. The van der Waals surface area contributed by atoms with Gasteiger partial charge in [-0.3, -0.25) is 14.7 Å². The van der Waals surface area contributed by atoms with Crippen molar-refractivity contribution in [3.63, 3.8) is 0 Å². The third-order valence-corrected chi connectivity index (χ3v) is 5.74. The Morgan fingerprint density at radius 2 is 1.97 bits per heavy atom. The van der Waals surface area contributed by atoms with E-state index in [4.69, 9.17) is 4.52 Å². The van der Waals surface area contributed by atoms with Crippen molar-refractivity contribution in [3.8, 4) is 11.4 Å². The minimum atomic E-state index is -0.319. The lowest BCUT2D eigenvalue weighted by molar-refractivity contribution is -0.128. The molecule has 0 spiro atoms. The maximum absolute atomic E-state index is 13.1. The Morgan fingerprint density at radius 1 is 1.19 bits per heavy atom. The smallest absolute Gasteiger partial charge is 0.249 e. The van der Waals surface area contributed by atoms with Gasteiger partial charge in [-0.05, 0) is 43.0 Å². The number of piperidine rings is 1. The van der Waals surface area contributed by atoms with Crippen LogP contribution in [0.15, 0.2) is 59.4 Å². The molecule has 3 heterocycles. The van der Waals surface area contributed by atoms with Crippen LogP contribution in [0.2, 0.25) is 0 Å². The Bertz CT molecular complexity index is 974. The number of aromatic nitrogens is 3. The summed E-state index contributed by atoms with van der Waals surface area (Å²) in [6.07, 6.45) is 5.30. The van der Waals surface area contributed by atoms with Crippen LogP contribution in [0.4, 0.5) is 0 Å². The predicted molar refractivity (Wildman–Crippen MR) is 118 cm³/mol. The van der Waals surface area contributed by atoms with Gasteiger partial charge in [0.25, 0.3) is 0 Å². The summed E-state index contributed by atoms with van der Waals surface area (Å²) in [6, 6.07) is 13.8. The summed E-state index contributed by atoms with van der Waals surface area (Å²) in [7, 11) is 0. The number of nitrogens with one attached hydrogen (secondary N) is 1. The number of hydrogen-bond acceptors (Lipinski definition) is 6. The highest BCUT2D eigenvalue weighted by atomic mass is 16.5. The summed E-state index contributed by atoms with van der Waals surface area (Å²) >= 11 is 0. The molecule has 7 heteroatoms. The Labute approximate surface area is 182 Å². The third kappa shape index (κ3) is 5.35. The van der Waals surface area contributed by atoms with Crippen LogP contribution >= 0.6 is 0 Å². The third-order valence-electron chi connectivity index (χ3n) is 5.74. The fourth-order valence-corrected chi connectivity index (χ4v) is 4.02. The van der Waals surface area contributed by atoms with Crippen LogP contribution < -0.4 is 5.32 Å². The number of amides is 1. The van der Waals surface area contributed by atoms with E-state index in [9.17, 15) is 4.79 Å². The largest absolute Gasteiger partial charge is 0.344 e. The van der Waals surface area contributed by atoms with Crippen molar-refractivity contribution in [2.45, 2.75) is 39.3 Å². The number of pyridine rings is 1. The number of carbonyl (C=O) groups is 1. The molecule has 1 N–H and O–H groups in total. The standard InChI is InChI=1S/C24H29N5O2/c1-17(2)21(24-27-22(28-31-24)19-10-12-25-13-11-19)26-23(30)20-9-6-14-29(16-20)15-18-7-4-3-5-8-18/h3-5,7-8,10-13,17,20-21H,6,9,14-16H2,1-2H3,(H,26,30). The van der Waals surface area contributed by atoms with E-state index < -0.39 is 0 Å². The van der Waals surface area contributed by atoms with E-state index in [1.54, 1.807) is 12.4 Å². The quantitative estimate of drug-likeness (QED) is 0.626. The van der Waals surface area contributed by atoms with Crippen LogP contribution in [0, 0.1) is 11.8 Å². The maximum atomic E-state index is 13.1. The monoisotopic (exact) mass is 419 g/mol. The van der Waals surface area contributed by atoms with Gasteiger partial charge in [0, 0.05) is 31.0 Å². The van der Waals surface area contributed by atoms with Crippen molar-refractivity contribution in [1.82, 2.24) is 25.3 Å².